The van der Waals surface area contributed by atoms with Crippen molar-refractivity contribution in [1.82, 2.24) is 5.32 Å². The first-order valence-corrected chi connectivity index (χ1v) is 5.82. The average molecular weight is 288 g/mol. The molecule has 1 heterocycles. The van der Waals surface area contributed by atoms with Crippen LogP contribution in [0.15, 0.2) is 16.6 Å². The van der Waals surface area contributed by atoms with E-state index in [1.165, 1.54) is 0 Å². The lowest BCUT2D eigenvalue weighted by molar-refractivity contribution is 0.136. The van der Waals surface area contributed by atoms with Gasteiger partial charge in [-0.15, -0.1) is 0 Å². The molecule has 2 rings (SSSR count). The summed E-state index contributed by atoms with van der Waals surface area (Å²) in [5.74, 6) is 2.01. The molecule has 1 saturated heterocycles. The Morgan fingerprint density at radius 2 is 1.88 bits per heavy atom. The molecule has 1 aromatic carbocycles. The van der Waals surface area contributed by atoms with Crippen molar-refractivity contribution in [3.05, 3.63) is 16.6 Å². The van der Waals surface area contributed by atoms with Crippen molar-refractivity contribution in [2.75, 3.05) is 27.3 Å². The Morgan fingerprint density at radius 3 is 2.38 bits per heavy atom. The van der Waals surface area contributed by atoms with E-state index < -0.39 is 0 Å². The van der Waals surface area contributed by atoms with Crippen molar-refractivity contribution in [3.8, 4) is 17.2 Å². The predicted octanol–water partition coefficient (Wildman–Crippen LogP) is 1.82. The summed E-state index contributed by atoms with van der Waals surface area (Å²) in [7, 11) is 3.22. The summed E-state index contributed by atoms with van der Waals surface area (Å²) in [6.07, 6.45) is 0.216. The summed E-state index contributed by atoms with van der Waals surface area (Å²) >= 11 is 3.42. The molecule has 88 valence electrons. The summed E-state index contributed by atoms with van der Waals surface area (Å²) in [5, 5.41) is 3.15. The second-order valence-corrected chi connectivity index (χ2v) is 4.45. The topological polar surface area (TPSA) is 39.7 Å². The number of hydrogen-bond acceptors (Lipinski definition) is 4. The minimum atomic E-state index is 0.216. The highest BCUT2D eigenvalue weighted by atomic mass is 79.9. The predicted molar refractivity (Wildman–Crippen MR) is 64.5 cm³/mol. The van der Waals surface area contributed by atoms with Crippen LogP contribution in [0.1, 0.15) is 0 Å². The number of nitrogens with one attached hydrogen (secondary N) is 1. The van der Waals surface area contributed by atoms with Gasteiger partial charge in [0.1, 0.15) is 6.10 Å². The molecule has 4 nitrogen and oxygen atoms in total. The van der Waals surface area contributed by atoms with Gasteiger partial charge in [-0.1, -0.05) is 15.9 Å². The lowest BCUT2D eigenvalue weighted by atomic mass is 10.2. The Labute approximate surface area is 103 Å². The molecule has 1 aliphatic rings. The number of ether oxygens (including phenoxy) is 3. The Bertz CT molecular complexity index is 380. The van der Waals surface area contributed by atoms with Gasteiger partial charge in [-0.25, -0.2) is 0 Å². The molecule has 0 radical (unpaired) electrons. The Morgan fingerprint density at radius 1 is 1.19 bits per heavy atom. The molecular formula is C11H14BrNO3. The third kappa shape index (κ3) is 2.25. The summed E-state index contributed by atoms with van der Waals surface area (Å²) in [5.41, 5.74) is 0. The number of hydrogen-bond donors (Lipinski definition) is 1. The summed E-state index contributed by atoms with van der Waals surface area (Å²) in [4.78, 5) is 0. The molecule has 1 N–H and O–H groups in total. The normalized spacial score (nSPS) is 15.4. The van der Waals surface area contributed by atoms with Crippen molar-refractivity contribution in [1.29, 1.82) is 0 Å². The Kier molecular flexibility index (Phi) is 3.56. The summed E-state index contributed by atoms with van der Waals surface area (Å²) in [6.45, 7) is 1.75. The maximum absolute atomic E-state index is 5.80. The van der Waals surface area contributed by atoms with Crippen LogP contribution < -0.4 is 19.5 Å². The molecule has 0 spiro atoms. The van der Waals surface area contributed by atoms with Crippen molar-refractivity contribution in [3.63, 3.8) is 0 Å². The molecule has 0 unspecified atom stereocenters. The number of rotatable bonds is 4. The van der Waals surface area contributed by atoms with Crippen molar-refractivity contribution < 1.29 is 14.2 Å². The van der Waals surface area contributed by atoms with Crippen LogP contribution >= 0.6 is 15.9 Å². The third-order valence-electron chi connectivity index (χ3n) is 2.45. The van der Waals surface area contributed by atoms with E-state index in [1.807, 2.05) is 12.1 Å². The highest BCUT2D eigenvalue weighted by Gasteiger charge is 2.22. The van der Waals surface area contributed by atoms with Gasteiger partial charge < -0.3 is 19.5 Å². The zero-order valence-corrected chi connectivity index (χ0v) is 10.8. The van der Waals surface area contributed by atoms with Gasteiger partial charge in [0, 0.05) is 17.6 Å². The van der Waals surface area contributed by atoms with Gasteiger partial charge in [-0.3, -0.25) is 0 Å². The van der Waals surface area contributed by atoms with Crippen LogP contribution in [0.25, 0.3) is 0 Å². The van der Waals surface area contributed by atoms with Crippen LogP contribution in [-0.2, 0) is 0 Å². The minimum Gasteiger partial charge on any atom is -0.493 e. The van der Waals surface area contributed by atoms with E-state index in [1.54, 1.807) is 14.2 Å². The van der Waals surface area contributed by atoms with Gasteiger partial charge >= 0.3 is 0 Å². The highest BCUT2D eigenvalue weighted by molar-refractivity contribution is 9.10. The van der Waals surface area contributed by atoms with Crippen LogP contribution in [0.5, 0.6) is 17.2 Å². The molecular weight excluding hydrogens is 274 g/mol. The van der Waals surface area contributed by atoms with Crippen LogP contribution in [0.4, 0.5) is 0 Å². The number of benzene rings is 1. The standard InChI is InChI=1S/C11H14BrNO3/c1-14-9-3-7(12)4-10(11(9)15-2)16-8-5-13-6-8/h3-4,8,13H,5-6H2,1-2H3. The smallest absolute Gasteiger partial charge is 0.203 e. The summed E-state index contributed by atoms with van der Waals surface area (Å²) < 4.78 is 17.2. The molecule has 1 aromatic rings. The molecule has 0 amide bonds. The quantitative estimate of drug-likeness (QED) is 0.917. The largest absolute Gasteiger partial charge is 0.493 e. The first-order chi connectivity index (χ1) is 7.74. The van der Waals surface area contributed by atoms with Crippen LogP contribution in [0.2, 0.25) is 0 Å². The van der Waals surface area contributed by atoms with Crippen LogP contribution in [0.3, 0.4) is 0 Å². The van der Waals surface area contributed by atoms with Gasteiger partial charge in [0.25, 0.3) is 0 Å². The molecule has 0 aliphatic carbocycles. The first kappa shape index (κ1) is 11.5. The van der Waals surface area contributed by atoms with E-state index in [0.29, 0.717) is 17.2 Å². The highest BCUT2D eigenvalue weighted by Crippen LogP contribution is 2.40. The SMILES string of the molecule is COc1cc(Br)cc(OC2CNC2)c1OC. The zero-order chi connectivity index (χ0) is 11.5. The van der Waals surface area contributed by atoms with Crippen LogP contribution in [-0.4, -0.2) is 33.4 Å². The monoisotopic (exact) mass is 287 g/mol. The third-order valence-corrected chi connectivity index (χ3v) is 2.91. The van der Waals surface area contributed by atoms with Crippen molar-refractivity contribution in [2.45, 2.75) is 6.10 Å². The maximum Gasteiger partial charge on any atom is 0.203 e. The van der Waals surface area contributed by atoms with Gasteiger partial charge in [0.2, 0.25) is 5.75 Å². The molecule has 1 aliphatic heterocycles. The second kappa shape index (κ2) is 4.93. The van der Waals surface area contributed by atoms with Gasteiger partial charge in [0.05, 0.1) is 14.2 Å². The van der Waals surface area contributed by atoms with E-state index in [9.17, 15) is 0 Å². The fraction of sp³-hybridized carbons (Fsp3) is 0.455. The van der Waals surface area contributed by atoms with Gasteiger partial charge in [-0.2, -0.15) is 0 Å². The molecule has 0 atom stereocenters. The number of halogens is 1. The van der Waals surface area contributed by atoms with Crippen molar-refractivity contribution >= 4 is 15.9 Å². The maximum atomic E-state index is 5.80. The van der Waals surface area contributed by atoms with E-state index in [4.69, 9.17) is 14.2 Å². The van der Waals surface area contributed by atoms with E-state index in [0.717, 1.165) is 17.6 Å². The van der Waals surface area contributed by atoms with Crippen LogP contribution in [0, 0.1) is 0 Å². The Balaban J connectivity index is 2.28. The van der Waals surface area contributed by atoms with Crippen molar-refractivity contribution in [2.24, 2.45) is 0 Å². The van der Waals surface area contributed by atoms with Gasteiger partial charge in [0.15, 0.2) is 11.5 Å². The first-order valence-electron chi connectivity index (χ1n) is 5.03. The molecule has 5 heteroatoms. The van der Waals surface area contributed by atoms with E-state index in [2.05, 4.69) is 21.2 Å². The van der Waals surface area contributed by atoms with Gasteiger partial charge in [-0.05, 0) is 12.1 Å². The lowest BCUT2D eigenvalue weighted by Gasteiger charge is -2.28. The summed E-state index contributed by atoms with van der Waals surface area (Å²) in [6, 6.07) is 3.74. The zero-order valence-electron chi connectivity index (χ0n) is 9.25. The Hall–Kier alpha value is -0.940. The lowest BCUT2D eigenvalue weighted by Crippen LogP contribution is -2.50. The average Bonchev–Trinajstić information content (AvgIpc) is 2.22. The second-order valence-electron chi connectivity index (χ2n) is 3.54. The fourth-order valence-electron chi connectivity index (χ4n) is 1.51. The van der Waals surface area contributed by atoms with E-state index in [-0.39, 0.29) is 6.10 Å². The minimum absolute atomic E-state index is 0.216. The molecule has 16 heavy (non-hydrogen) atoms. The number of methoxy groups -OCH3 is 2. The fourth-order valence-corrected chi connectivity index (χ4v) is 1.93. The van der Waals surface area contributed by atoms with E-state index >= 15 is 0 Å². The molecule has 1 fully saturated rings. The molecule has 0 aromatic heterocycles. The molecule has 0 saturated carbocycles. The molecule has 0 bridgehead atoms.